The standard InChI is InChI=1S/C7H8N2O4/c10-6-3-1-8-2-4(7(11)12)5(3)13-9-6/h4,8H,1-2H2,(H,9,10)(H,11,12). The van der Waals surface area contributed by atoms with E-state index in [1.807, 2.05) is 0 Å². The minimum atomic E-state index is -0.990. The Morgan fingerprint density at radius 1 is 1.62 bits per heavy atom. The SMILES string of the molecule is O=C(O)C1CNCc2c1o[nH]c2=O. The van der Waals surface area contributed by atoms with Crippen LogP contribution in [0.4, 0.5) is 0 Å². The summed E-state index contributed by atoms with van der Waals surface area (Å²) in [5, 5.41) is 13.7. The molecule has 1 aromatic rings. The number of H-pyrrole nitrogens is 1. The minimum Gasteiger partial charge on any atom is -0.481 e. The molecular weight excluding hydrogens is 176 g/mol. The van der Waals surface area contributed by atoms with Crippen LogP contribution in [0, 0.1) is 0 Å². The Morgan fingerprint density at radius 2 is 2.38 bits per heavy atom. The highest BCUT2D eigenvalue weighted by atomic mass is 16.5. The molecule has 70 valence electrons. The maximum Gasteiger partial charge on any atom is 0.315 e. The van der Waals surface area contributed by atoms with Gasteiger partial charge in [0.1, 0.15) is 5.92 Å². The van der Waals surface area contributed by atoms with E-state index in [0.717, 1.165) is 0 Å². The molecule has 0 saturated heterocycles. The first-order valence-corrected chi connectivity index (χ1v) is 3.84. The predicted octanol–water partition coefficient (Wildman–Crippen LogP) is -0.761. The van der Waals surface area contributed by atoms with Crippen molar-refractivity contribution in [3.8, 4) is 0 Å². The van der Waals surface area contributed by atoms with Gasteiger partial charge in [0.15, 0.2) is 5.76 Å². The number of carboxylic acid groups (broad SMARTS) is 1. The topological polar surface area (TPSA) is 95.3 Å². The summed E-state index contributed by atoms with van der Waals surface area (Å²) in [7, 11) is 0. The van der Waals surface area contributed by atoms with Gasteiger partial charge in [0.25, 0.3) is 5.56 Å². The molecule has 3 N–H and O–H groups in total. The third-order valence-corrected chi connectivity index (χ3v) is 2.09. The lowest BCUT2D eigenvalue weighted by atomic mass is 9.99. The fraction of sp³-hybridized carbons (Fsp3) is 0.429. The van der Waals surface area contributed by atoms with Gasteiger partial charge in [-0.05, 0) is 0 Å². The van der Waals surface area contributed by atoms with Crippen molar-refractivity contribution in [3.05, 3.63) is 21.7 Å². The van der Waals surface area contributed by atoms with Crippen LogP contribution < -0.4 is 10.9 Å². The van der Waals surface area contributed by atoms with E-state index in [4.69, 9.17) is 9.63 Å². The van der Waals surface area contributed by atoms with Gasteiger partial charge in [-0.2, -0.15) is 5.16 Å². The van der Waals surface area contributed by atoms with E-state index in [9.17, 15) is 9.59 Å². The van der Waals surface area contributed by atoms with E-state index >= 15 is 0 Å². The molecule has 0 spiro atoms. The summed E-state index contributed by atoms with van der Waals surface area (Å²) in [6.45, 7) is 0.661. The lowest BCUT2D eigenvalue weighted by molar-refractivity contribution is -0.139. The molecule has 0 saturated carbocycles. The fourth-order valence-electron chi connectivity index (χ4n) is 1.42. The van der Waals surface area contributed by atoms with E-state index in [1.54, 1.807) is 0 Å². The van der Waals surface area contributed by atoms with Crippen molar-refractivity contribution in [2.45, 2.75) is 12.5 Å². The number of aromatic nitrogens is 1. The van der Waals surface area contributed by atoms with Crippen molar-refractivity contribution < 1.29 is 14.4 Å². The Balaban J connectivity index is 2.49. The maximum atomic E-state index is 11.0. The number of carboxylic acids is 1. The molecule has 6 heteroatoms. The second-order valence-corrected chi connectivity index (χ2v) is 2.90. The molecule has 0 bridgehead atoms. The number of hydrogen-bond donors (Lipinski definition) is 3. The van der Waals surface area contributed by atoms with Crippen molar-refractivity contribution in [2.75, 3.05) is 6.54 Å². The monoisotopic (exact) mass is 184 g/mol. The summed E-state index contributed by atoms with van der Waals surface area (Å²) in [6.07, 6.45) is 0. The molecule has 0 amide bonds. The van der Waals surface area contributed by atoms with Crippen molar-refractivity contribution in [1.82, 2.24) is 10.5 Å². The van der Waals surface area contributed by atoms with Crippen LogP contribution in [0.1, 0.15) is 17.2 Å². The zero-order chi connectivity index (χ0) is 9.42. The summed E-state index contributed by atoms with van der Waals surface area (Å²) in [6, 6.07) is 0. The number of rotatable bonds is 1. The molecular formula is C7H8N2O4. The molecule has 6 nitrogen and oxygen atoms in total. The summed E-state index contributed by atoms with van der Waals surface area (Å²) >= 11 is 0. The van der Waals surface area contributed by atoms with Gasteiger partial charge in [-0.3, -0.25) is 9.59 Å². The van der Waals surface area contributed by atoms with Gasteiger partial charge in [-0.15, -0.1) is 0 Å². The average molecular weight is 184 g/mol. The minimum absolute atomic E-state index is 0.247. The van der Waals surface area contributed by atoms with Crippen LogP contribution >= 0.6 is 0 Å². The zero-order valence-corrected chi connectivity index (χ0v) is 6.66. The third kappa shape index (κ3) is 1.15. The van der Waals surface area contributed by atoms with Gasteiger partial charge in [-0.1, -0.05) is 0 Å². The van der Waals surface area contributed by atoms with E-state index in [2.05, 4.69) is 10.5 Å². The lowest BCUT2D eigenvalue weighted by Crippen LogP contribution is -2.33. The third-order valence-electron chi connectivity index (χ3n) is 2.09. The Kier molecular flexibility index (Phi) is 1.70. The van der Waals surface area contributed by atoms with Crippen LogP contribution in [0.25, 0.3) is 0 Å². The van der Waals surface area contributed by atoms with Crippen molar-refractivity contribution in [3.63, 3.8) is 0 Å². The van der Waals surface area contributed by atoms with E-state index in [1.165, 1.54) is 0 Å². The second kappa shape index (κ2) is 2.74. The van der Waals surface area contributed by atoms with Crippen molar-refractivity contribution in [1.29, 1.82) is 0 Å². The van der Waals surface area contributed by atoms with Gasteiger partial charge >= 0.3 is 5.97 Å². The van der Waals surface area contributed by atoms with Gasteiger partial charge in [-0.25, -0.2) is 0 Å². The van der Waals surface area contributed by atoms with Crippen LogP contribution in [0.3, 0.4) is 0 Å². The molecule has 1 aromatic heterocycles. The Hall–Kier alpha value is -1.56. The number of aliphatic carboxylic acids is 1. The quantitative estimate of drug-likeness (QED) is 0.533. The van der Waals surface area contributed by atoms with Gasteiger partial charge in [0.2, 0.25) is 0 Å². The molecule has 1 aliphatic rings. The Bertz CT molecular complexity index is 391. The number of fused-ring (bicyclic) bond motifs is 1. The first-order valence-electron chi connectivity index (χ1n) is 3.84. The van der Waals surface area contributed by atoms with Crippen LogP contribution in [0.15, 0.2) is 9.32 Å². The first-order chi connectivity index (χ1) is 6.20. The summed E-state index contributed by atoms with van der Waals surface area (Å²) < 4.78 is 4.80. The Labute approximate surface area is 72.5 Å². The average Bonchev–Trinajstić information content (AvgIpc) is 2.48. The molecule has 2 rings (SSSR count). The Morgan fingerprint density at radius 3 is 3.08 bits per heavy atom. The van der Waals surface area contributed by atoms with E-state index in [0.29, 0.717) is 18.7 Å². The molecule has 13 heavy (non-hydrogen) atoms. The molecule has 1 atom stereocenters. The summed E-state index contributed by atoms with van der Waals surface area (Å²) in [4.78, 5) is 21.8. The van der Waals surface area contributed by atoms with Crippen LogP contribution in [-0.2, 0) is 11.3 Å². The number of aromatic amines is 1. The van der Waals surface area contributed by atoms with E-state index < -0.39 is 11.9 Å². The summed E-state index contributed by atoms with van der Waals surface area (Å²) in [5.74, 6) is -1.50. The lowest BCUT2D eigenvalue weighted by Gasteiger charge is -2.16. The molecule has 2 heterocycles. The number of carbonyl (C=O) groups is 1. The maximum absolute atomic E-state index is 11.0. The molecule has 0 radical (unpaired) electrons. The molecule has 0 aromatic carbocycles. The molecule has 0 fully saturated rings. The molecule has 0 aliphatic carbocycles. The highest BCUT2D eigenvalue weighted by molar-refractivity contribution is 5.76. The van der Waals surface area contributed by atoms with Crippen molar-refractivity contribution >= 4 is 5.97 Å². The highest BCUT2D eigenvalue weighted by Gasteiger charge is 2.31. The summed E-state index contributed by atoms with van der Waals surface area (Å²) in [5.41, 5.74) is 0.0344. The van der Waals surface area contributed by atoms with Gasteiger partial charge in [0, 0.05) is 13.1 Å². The van der Waals surface area contributed by atoms with E-state index in [-0.39, 0.29) is 11.3 Å². The van der Waals surface area contributed by atoms with Crippen LogP contribution in [-0.4, -0.2) is 22.8 Å². The predicted molar refractivity (Wildman–Crippen MR) is 41.4 cm³/mol. The van der Waals surface area contributed by atoms with Crippen LogP contribution in [0.5, 0.6) is 0 Å². The normalized spacial score (nSPS) is 21.1. The van der Waals surface area contributed by atoms with Crippen molar-refractivity contribution in [2.24, 2.45) is 0 Å². The zero-order valence-electron chi connectivity index (χ0n) is 6.66. The fourth-order valence-corrected chi connectivity index (χ4v) is 1.42. The second-order valence-electron chi connectivity index (χ2n) is 2.90. The number of nitrogens with one attached hydrogen (secondary N) is 2. The van der Waals surface area contributed by atoms with Crippen LogP contribution in [0.2, 0.25) is 0 Å². The highest BCUT2D eigenvalue weighted by Crippen LogP contribution is 2.20. The molecule has 1 unspecified atom stereocenters. The number of hydrogen-bond acceptors (Lipinski definition) is 4. The van der Waals surface area contributed by atoms with Gasteiger partial charge < -0.3 is 14.9 Å². The largest absolute Gasteiger partial charge is 0.481 e. The smallest absolute Gasteiger partial charge is 0.315 e. The van der Waals surface area contributed by atoms with Gasteiger partial charge in [0.05, 0.1) is 5.56 Å². The molecule has 1 aliphatic heterocycles. The first kappa shape index (κ1) is 8.06.